The highest BCUT2D eigenvalue weighted by Gasteiger charge is 2.99. The van der Waals surface area contributed by atoms with Gasteiger partial charge in [-0.25, -0.2) is 10.0 Å². The molecule has 0 amide bonds. The van der Waals surface area contributed by atoms with Crippen molar-refractivity contribution in [2.75, 3.05) is 23.2 Å². The molecule has 1 saturated carbocycles. The molecule has 4 unspecified atom stereocenters. The van der Waals surface area contributed by atoms with Crippen LogP contribution in [0.15, 0.2) is 156 Å². The largest absolute Gasteiger partial charge is 0.465 e. The molecule has 0 N–H and O–H groups in total. The maximum atomic E-state index is 17.3. The van der Waals surface area contributed by atoms with Crippen molar-refractivity contribution in [3.05, 3.63) is 178 Å². The third kappa shape index (κ3) is 4.05. The van der Waals surface area contributed by atoms with E-state index in [0.717, 1.165) is 10.8 Å². The van der Waals surface area contributed by atoms with Gasteiger partial charge in [-0.1, -0.05) is 120 Å². The predicted octanol–water partition coefficient (Wildman–Crippen LogP) is 9.08. The number of benzene rings is 6. The van der Waals surface area contributed by atoms with Gasteiger partial charge in [0.2, 0.25) is 10.8 Å². The van der Waals surface area contributed by atoms with Crippen molar-refractivity contribution in [1.29, 1.82) is 0 Å². The summed E-state index contributed by atoms with van der Waals surface area (Å²) in [6.45, 7) is 3.26. The number of anilines is 2. The van der Waals surface area contributed by atoms with Crippen molar-refractivity contribution in [1.82, 2.24) is 0 Å². The van der Waals surface area contributed by atoms with Crippen molar-refractivity contribution in [3.8, 4) is 0 Å². The summed E-state index contributed by atoms with van der Waals surface area (Å²) >= 11 is 13.0. The average Bonchev–Trinajstić information content (AvgIpc) is 3.89. The molecule has 2 aliphatic carbocycles. The summed E-state index contributed by atoms with van der Waals surface area (Å²) in [4.78, 5) is 49.2. The Balaban J connectivity index is 1.51. The standard InChI is InChI=1S/C47H34Cl2N4O5/c1-3-57-42(55)44-39(30-21-25-32(48)26-22-30)50-52(34-15-7-5-8-16-34)46(44)36-19-11-13-29-14-12-20-37(38(29)36)47(46)45(41(44)54,43(56)58-4-2)40(31-23-27-33(49)28-24-31)51-53(47)35-17-9-6-10-18-35/h5-28H,3-4H2,1-2H3. The Morgan fingerprint density at radius 3 is 1.33 bits per heavy atom. The molecule has 286 valence electrons. The molecule has 2 aliphatic heterocycles. The number of ketones is 1. The highest BCUT2D eigenvalue weighted by Crippen LogP contribution is 2.81. The van der Waals surface area contributed by atoms with Gasteiger partial charge in [0.15, 0.2) is 5.78 Å². The van der Waals surface area contributed by atoms with Gasteiger partial charge in [-0.2, -0.15) is 10.2 Å². The Bertz CT molecular complexity index is 2580. The molecule has 0 aromatic heterocycles. The van der Waals surface area contributed by atoms with E-state index in [-0.39, 0.29) is 24.6 Å². The zero-order chi connectivity index (χ0) is 40.0. The lowest BCUT2D eigenvalue weighted by molar-refractivity contribution is -0.160. The van der Waals surface area contributed by atoms with Crippen LogP contribution in [0, 0.1) is 10.8 Å². The molecular formula is C47H34Cl2N4O5. The second-order valence-electron chi connectivity index (χ2n) is 14.6. The number of carbonyl (C=O) groups is 3. The maximum Gasteiger partial charge on any atom is 0.329 e. The molecule has 6 aromatic rings. The molecule has 4 atom stereocenters. The minimum atomic E-state index is -2.35. The van der Waals surface area contributed by atoms with Crippen LogP contribution in [0.1, 0.15) is 36.1 Å². The van der Waals surface area contributed by atoms with Crippen LogP contribution in [0.2, 0.25) is 10.0 Å². The number of Topliss-reactive ketones (excluding diaryl/α,β-unsaturated/α-hetero) is 1. The molecular weight excluding hydrogens is 771 g/mol. The molecule has 2 spiro atoms. The van der Waals surface area contributed by atoms with Gasteiger partial charge < -0.3 is 9.47 Å². The lowest BCUT2D eigenvalue weighted by Crippen LogP contribution is -2.69. The number of hydrogen-bond acceptors (Lipinski definition) is 9. The Morgan fingerprint density at radius 2 is 0.948 bits per heavy atom. The van der Waals surface area contributed by atoms with Crippen LogP contribution < -0.4 is 10.0 Å². The highest BCUT2D eigenvalue weighted by molar-refractivity contribution is 6.47. The quantitative estimate of drug-likeness (QED) is 0.112. The first kappa shape index (κ1) is 36.1. The summed E-state index contributed by atoms with van der Waals surface area (Å²) in [7, 11) is 0. The van der Waals surface area contributed by atoms with E-state index < -0.39 is 39.6 Å². The molecule has 11 heteroatoms. The van der Waals surface area contributed by atoms with Crippen molar-refractivity contribution in [3.63, 3.8) is 0 Å². The number of esters is 2. The van der Waals surface area contributed by atoms with Crippen molar-refractivity contribution >= 4 is 74.5 Å². The smallest absolute Gasteiger partial charge is 0.329 e. The van der Waals surface area contributed by atoms with Crippen LogP contribution in [0.25, 0.3) is 10.8 Å². The number of hydrazone groups is 2. The van der Waals surface area contributed by atoms with Gasteiger partial charge in [-0.05, 0) is 95.4 Å². The van der Waals surface area contributed by atoms with E-state index in [2.05, 4.69) is 0 Å². The number of para-hydroxylation sites is 2. The molecule has 58 heavy (non-hydrogen) atoms. The van der Waals surface area contributed by atoms with Crippen LogP contribution in [-0.2, 0) is 34.9 Å². The van der Waals surface area contributed by atoms with Gasteiger partial charge in [0, 0.05) is 10.0 Å². The number of nitrogens with zero attached hydrogens (tertiary/aromatic N) is 4. The van der Waals surface area contributed by atoms with Crippen LogP contribution in [0.5, 0.6) is 0 Å². The van der Waals surface area contributed by atoms with E-state index in [4.69, 9.17) is 42.9 Å². The monoisotopic (exact) mass is 804 g/mol. The molecule has 1 fully saturated rings. The average molecular weight is 806 g/mol. The summed E-state index contributed by atoms with van der Waals surface area (Å²) in [6, 6.07) is 44.2. The van der Waals surface area contributed by atoms with Crippen molar-refractivity contribution in [2.24, 2.45) is 21.0 Å². The van der Waals surface area contributed by atoms with Crippen LogP contribution in [-0.4, -0.2) is 42.4 Å². The minimum Gasteiger partial charge on any atom is -0.465 e. The van der Waals surface area contributed by atoms with Gasteiger partial charge in [-0.3, -0.25) is 14.4 Å². The summed E-state index contributed by atoms with van der Waals surface area (Å²) in [6.07, 6.45) is 0. The van der Waals surface area contributed by atoms with Crippen molar-refractivity contribution in [2.45, 2.75) is 24.9 Å². The van der Waals surface area contributed by atoms with Gasteiger partial charge in [-0.15, -0.1) is 0 Å². The zero-order valence-electron chi connectivity index (χ0n) is 31.4. The highest BCUT2D eigenvalue weighted by atomic mass is 35.5. The third-order valence-electron chi connectivity index (χ3n) is 12.1. The number of halogens is 2. The molecule has 0 bridgehead atoms. The van der Waals surface area contributed by atoms with Crippen LogP contribution in [0.4, 0.5) is 11.4 Å². The molecule has 6 aromatic carbocycles. The summed E-state index contributed by atoms with van der Waals surface area (Å²) in [5.74, 6) is -2.50. The summed E-state index contributed by atoms with van der Waals surface area (Å²) in [5, 5.41) is 16.9. The first-order valence-corrected chi connectivity index (χ1v) is 19.8. The van der Waals surface area contributed by atoms with Gasteiger partial charge in [0.25, 0.3) is 0 Å². The van der Waals surface area contributed by atoms with E-state index in [9.17, 15) is 0 Å². The molecule has 10 rings (SSSR count). The molecule has 0 saturated heterocycles. The minimum absolute atomic E-state index is 0.0692. The Morgan fingerprint density at radius 1 is 0.552 bits per heavy atom. The Kier molecular flexibility index (Phi) is 8.00. The fourth-order valence-corrected chi connectivity index (χ4v) is 10.6. The first-order chi connectivity index (χ1) is 28.3. The number of rotatable bonds is 8. The summed E-state index contributed by atoms with van der Waals surface area (Å²) in [5.41, 5.74) is -5.14. The normalized spacial score (nSPS) is 24.9. The molecule has 2 heterocycles. The van der Waals surface area contributed by atoms with E-state index in [0.29, 0.717) is 43.7 Å². The van der Waals surface area contributed by atoms with E-state index in [1.165, 1.54) is 0 Å². The van der Waals surface area contributed by atoms with Crippen LogP contribution >= 0.6 is 23.2 Å². The molecule has 9 nitrogen and oxygen atoms in total. The fourth-order valence-electron chi connectivity index (χ4n) is 10.4. The molecule has 4 aliphatic rings. The predicted molar refractivity (Wildman–Crippen MR) is 224 cm³/mol. The third-order valence-corrected chi connectivity index (χ3v) is 12.6. The second-order valence-corrected chi connectivity index (χ2v) is 15.5. The van der Waals surface area contributed by atoms with Gasteiger partial charge in [0.05, 0.1) is 36.0 Å². The number of carbonyl (C=O) groups excluding carboxylic acids is 3. The van der Waals surface area contributed by atoms with Crippen molar-refractivity contribution < 1.29 is 23.9 Å². The topological polar surface area (TPSA) is 101 Å². The maximum absolute atomic E-state index is 17.3. The SMILES string of the molecule is CCOC(=O)C12C(=O)C3(C(=O)OCC)C(c4ccc(Cl)cc4)=NN(c4ccccc4)C34c3cccc5cccc(c35)C14N(c1ccccc1)N=C2c1ccc(Cl)cc1. The Labute approximate surface area is 344 Å². The number of ether oxygens (including phenoxy) is 2. The lowest BCUT2D eigenvalue weighted by atomic mass is 9.58. The van der Waals surface area contributed by atoms with Gasteiger partial charge >= 0.3 is 11.9 Å². The zero-order valence-corrected chi connectivity index (χ0v) is 32.9. The first-order valence-electron chi connectivity index (χ1n) is 19.1. The lowest BCUT2D eigenvalue weighted by Gasteiger charge is -2.53. The number of hydrogen-bond donors (Lipinski definition) is 0. The second kappa shape index (κ2) is 12.9. The van der Waals surface area contributed by atoms with Crippen LogP contribution in [0.3, 0.4) is 0 Å². The van der Waals surface area contributed by atoms with E-state index in [1.807, 2.05) is 97.1 Å². The summed E-state index contributed by atoms with van der Waals surface area (Å²) < 4.78 is 12.4. The van der Waals surface area contributed by atoms with E-state index in [1.54, 1.807) is 72.4 Å². The van der Waals surface area contributed by atoms with E-state index >= 15 is 14.4 Å². The fraction of sp³-hybridized carbons (Fsp3) is 0.170. The Hall–Kier alpha value is -6.29. The molecule has 0 radical (unpaired) electrons. The van der Waals surface area contributed by atoms with Gasteiger partial charge in [0.1, 0.15) is 11.1 Å².